The molecule has 0 aliphatic carbocycles. The van der Waals surface area contributed by atoms with E-state index in [9.17, 15) is 15.0 Å². The van der Waals surface area contributed by atoms with E-state index in [-0.39, 0.29) is 30.4 Å². The molecule has 3 N–H and O–H groups in total. The molecule has 0 radical (unpaired) electrons. The van der Waals surface area contributed by atoms with Gasteiger partial charge in [0.1, 0.15) is 0 Å². The van der Waals surface area contributed by atoms with E-state index >= 15 is 0 Å². The fourth-order valence-electron chi connectivity index (χ4n) is 3.39. The van der Waals surface area contributed by atoms with Crippen LogP contribution in [0.4, 0.5) is 5.69 Å². The maximum Gasteiger partial charge on any atom is 0.335 e. The van der Waals surface area contributed by atoms with Crippen LogP contribution in [0.15, 0.2) is 72.8 Å². The summed E-state index contributed by atoms with van der Waals surface area (Å²) < 4.78 is 0. The number of carboxylic acids is 1. The van der Waals surface area contributed by atoms with Gasteiger partial charge in [-0.05, 0) is 41.8 Å². The van der Waals surface area contributed by atoms with Crippen LogP contribution in [0.1, 0.15) is 27.6 Å². The lowest BCUT2D eigenvalue weighted by Gasteiger charge is -2.18. The normalized spacial score (nSPS) is 11.1. The van der Waals surface area contributed by atoms with Gasteiger partial charge in [-0.2, -0.15) is 0 Å². The van der Waals surface area contributed by atoms with Gasteiger partial charge in [0, 0.05) is 31.9 Å². The lowest BCUT2D eigenvalue weighted by Crippen LogP contribution is -2.23. The van der Waals surface area contributed by atoms with Gasteiger partial charge in [-0.1, -0.05) is 60.7 Å². The number of carboxylic acid groups (broad SMARTS) is 1. The monoisotopic (exact) mass is 476 g/mol. The van der Waals surface area contributed by atoms with Crippen LogP contribution in [0.5, 0.6) is 0 Å². The first kappa shape index (κ1) is 27.5. The number of aliphatic hydroxyl groups excluding tert-OH is 1. The fraction of sp³-hybridized carbons (Fsp3) is 0.240. The minimum atomic E-state index is -0.926. The standard InChI is InChI=1S/C25H28N2O3.2ClH/c1-27(2)23-16-21(25(29)30)12-13-22(23)19-10-8-18(9-11-19)14-15-26-17-24(28)20-6-4-3-5-7-20;;/h3-13,16,24,26,28H,14-15,17H2,1-2H3,(H,29,30);2*1H/t24-;;/m0../s1. The third-order valence-corrected chi connectivity index (χ3v) is 5.10. The van der Waals surface area contributed by atoms with Crippen LogP contribution in [-0.4, -0.2) is 43.4 Å². The summed E-state index contributed by atoms with van der Waals surface area (Å²) in [7, 11) is 3.82. The molecule has 3 rings (SSSR count). The van der Waals surface area contributed by atoms with E-state index in [1.54, 1.807) is 12.1 Å². The first-order chi connectivity index (χ1) is 14.5. The molecule has 0 heterocycles. The zero-order chi connectivity index (χ0) is 21.5. The van der Waals surface area contributed by atoms with Gasteiger partial charge >= 0.3 is 5.97 Å². The molecule has 0 amide bonds. The van der Waals surface area contributed by atoms with Crippen molar-refractivity contribution in [1.29, 1.82) is 0 Å². The van der Waals surface area contributed by atoms with Crippen molar-refractivity contribution in [2.75, 3.05) is 32.1 Å². The van der Waals surface area contributed by atoms with Crippen LogP contribution in [0.3, 0.4) is 0 Å². The summed E-state index contributed by atoms with van der Waals surface area (Å²) in [6, 6.07) is 23.2. The first-order valence-electron chi connectivity index (χ1n) is 10.0. The van der Waals surface area contributed by atoms with Gasteiger partial charge in [0.05, 0.1) is 11.7 Å². The highest BCUT2D eigenvalue weighted by atomic mass is 35.5. The molecule has 0 spiro atoms. The molecule has 5 nitrogen and oxygen atoms in total. The van der Waals surface area contributed by atoms with Crippen molar-refractivity contribution in [3.63, 3.8) is 0 Å². The molecular formula is C25H30Cl2N2O3. The highest BCUT2D eigenvalue weighted by Gasteiger charge is 2.12. The van der Waals surface area contributed by atoms with Crippen molar-refractivity contribution in [3.05, 3.63) is 89.5 Å². The maximum absolute atomic E-state index is 11.3. The number of carbonyl (C=O) groups is 1. The molecule has 0 fully saturated rings. The van der Waals surface area contributed by atoms with E-state index in [1.165, 1.54) is 5.56 Å². The van der Waals surface area contributed by atoms with Crippen LogP contribution in [0, 0.1) is 0 Å². The first-order valence-corrected chi connectivity index (χ1v) is 10.0. The number of anilines is 1. The molecule has 0 bridgehead atoms. The Morgan fingerprint density at radius 1 is 0.969 bits per heavy atom. The highest BCUT2D eigenvalue weighted by molar-refractivity contribution is 5.92. The molecule has 0 unspecified atom stereocenters. The SMILES string of the molecule is CN(C)c1cc(C(=O)O)ccc1-c1ccc(CCNC[C@H](O)c2ccccc2)cc1.Cl.Cl. The van der Waals surface area contributed by atoms with Gasteiger partial charge in [0.25, 0.3) is 0 Å². The maximum atomic E-state index is 11.3. The Labute approximate surface area is 201 Å². The molecule has 0 aromatic heterocycles. The number of hydrogen-bond donors (Lipinski definition) is 3. The minimum Gasteiger partial charge on any atom is -0.478 e. The molecule has 1 atom stereocenters. The van der Waals surface area contributed by atoms with Crippen LogP contribution >= 0.6 is 24.8 Å². The number of rotatable bonds is 9. The van der Waals surface area contributed by atoms with Crippen LogP contribution in [0.25, 0.3) is 11.1 Å². The van der Waals surface area contributed by atoms with Crippen LogP contribution in [0.2, 0.25) is 0 Å². The second-order valence-electron chi connectivity index (χ2n) is 7.51. The Morgan fingerprint density at radius 2 is 1.62 bits per heavy atom. The molecule has 7 heteroatoms. The number of aliphatic hydroxyl groups is 1. The molecule has 0 saturated carbocycles. The molecule has 172 valence electrons. The quantitative estimate of drug-likeness (QED) is 0.385. The summed E-state index contributed by atoms with van der Waals surface area (Å²) in [5.41, 5.74) is 5.32. The third kappa shape index (κ3) is 7.24. The van der Waals surface area contributed by atoms with E-state index in [1.807, 2.05) is 55.4 Å². The van der Waals surface area contributed by atoms with Gasteiger partial charge < -0.3 is 20.4 Å². The number of nitrogens with one attached hydrogen (secondary N) is 1. The van der Waals surface area contributed by atoms with Crippen molar-refractivity contribution >= 4 is 36.5 Å². The van der Waals surface area contributed by atoms with Gasteiger partial charge in [0.15, 0.2) is 0 Å². The Kier molecular flexibility index (Phi) is 11.2. The molecule has 3 aromatic rings. The van der Waals surface area contributed by atoms with Gasteiger partial charge in [0.2, 0.25) is 0 Å². The molecule has 0 aliphatic heterocycles. The average Bonchev–Trinajstić information content (AvgIpc) is 2.77. The van der Waals surface area contributed by atoms with Crippen molar-refractivity contribution in [1.82, 2.24) is 5.32 Å². The van der Waals surface area contributed by atoms with Crippen molar-refractivity contribution in [2.24, 2.45) is 0 Å². The second kappa shape index (κ2) is 13.1. The number of benzene rings is 3. The summed E-state index contributed by atoms with van der Waals surface area (Å²) in [6.45, 7) is 1.30. The number of nitrogens with zero attached hydrogens (tertiary/aromatic N) is 1. The second-order valence-corrected chi connectivity index (χ2v) is 7.51. The lowest BCUT2D eigenvalue weighted by molar-refractivity contribution is 0.0697. The van der Waals surface area contributed by atoms with Crippen molar-refractivity contribution in [2.45, 2.75) is 12.5 Å². The van der Waals surface area contributed by atoms with E-state index in [2.05, 4.69) is 29.6 Å². The van der Waals surface area contributed by atoms with E-state index in [0.29, 0.717) is 6.54 Å². The molecule has 0 aliphatic rings. The van der Waals surface area contributed by atoms with Gasteiger partial charge in [-0.15, -0.1) is 24.8 Å². The average molecular weight is 477 g/mol. The number of halogens is 2. The van der Waals surface area contributed by atoms with E-state index in [4.69, 9.17) is 0 Å². The summed E-state index contributed by atoms with van der Waals surface area (Å²) in [6.07, 6.45) is 0.354. The smallest absolute Gasteiger partial charge is 0.335 e. The van der Waals surface area contributed by atoms with E-state index in [0.717, 1.165) is 35.3 Å². The van der Waals surface area contributed by atoms with Gasteiger partial charge in [-0.3, -0.25) is 0 Å². The summed E-state index contributed by atoms with van der Waals surface area (Å²) >= 11 is 0. The number of aromatic carboxylic acids is 1. The molecular weight excluding hydrogens is 447 g/mol. The highest BCUT2D eigenvalue weighted by Crippen LogP contribution is 2.31. The fourth-order valence-corrected chi connectivity index (χ4v) is 3.39. The lowest BCUT2D eigenvalue weighted by atomic mass is 9.99. The Morgan fingerprint density at radius 3 is 2.22 bits per heavy atom. The van der Waals surface area contributed by atoms with Crippen LogP contribution in [-0.2, 0) is 6.42 Å². The number of hydrogen-bond acceptors (Lipinski definition) is 4. The third-order valence-electron chi connectivity index (χ3n) is 5.10. The summed E-state index contributed by atoms with van der Waals surface area (Å²) in [5.74, 6) is -0.926. The van der Waals surface area contributed by atoms with Gasteiger partial charge in [-0.25, -0.2) is 4.79 Å². The summed E-state index contributed by atoms with van der Waals surface area (Å²) in [4.78, 5) is 13.2. The predicted molar refractivity (Wildman–Crippen MR) is 136 cm³/mol. The molecule has 32 heavy (non-hydrogen) atoms. The van der Waals surface area contributed by atoms with Crippen LogP contribution < -0.4 is 10.2 Å². The Bertz CT molecular complexity index is 980. The largest absolute Gasteiger partial charge is 0.478 e. The zero-order valence-electron chi connectivity index (χ0n) is 18.2. The topological polar surface area (TPSA) is 72.8 Å². The molecule has 0 saturated heterocycles. The minimum absolute atomic E-state index is 0. The van der Waals surface area contributed by atoms with E-state index < -0.39 is 12.1 Å². The zero-order valence-corrected chi connectivity index (χ0v) is 19.8. The Balaban J connectivity index is 0.00000256. The molecule has 3 aromatic carbocycles. The van der Waals surface area contributed by atoms with Crippen molar-refractivity contribution in [3.8, 4) is 11.1 Å². The van der Waals surface area contributed by atoms with Crippen molar-refractivity contribution < 1.29 is 15.0 Å². The summed E-state index contributed by atoms with van der Waals surface area (Å²) in [5, 5.41) is 22.8. The Hall–Kier alpha value is -2.57. The predicted octanol–water partition coefficient (Wildman–Crippen LogP) is 4.83.